The molecule has 4 nitrogen and oxygen atoms in total. The summed E-state index contributed by atoms with van der Waals surface area (Å²) in [7, 11) is 0. The summed E-state index contributed by atoms with van der Waals surface area (Å²) < 4.78 is 0. The normalized spacial score (nSPS) is 20.4. The molecule has 1 aliphatic rings. The van der Waals surface area contributed by atoms with Crippen molar-refractivity contribution in [2.45, 2.75) is 13.0 Å². The van der Waals surface area contributed by atoms with Gasteiger partial charge in [0.25, 0.3) is 0 Å². The number of para-hydroxylation sites is 2. The molecule has 13 heavy (non-hydrogen) atoms. The second-order valence-electron chi connectivity index (χ2n) is 3.17. The van der Waals surface area contributed by atoms with E-state index in [1.54, 1.807) is 0 Å². The van der Waals surface area contributed by atoms with Gasteiger partial charge >= 0.3 is 0 Å². The Kier molecular flexibility index (Phi) is 1.88. The number of nitrogens with one attached hydrogen (secondary N) is 1. The lowest BCUT2D eigenvalue weighted by Crippen LogP contribution is -2.38. The second-order valence-corrected chi connectivity index (χ2v) is 3.17. The van der Waals surface area contributed by atoms with Crippen molar-refractivity contribution in [3.8, 4) is 0 Å². The third kappa shape index (κ3) is 1.24. The highest BCUT2D eigenvalue weighted by molar-refractivity contribution is 5.72. The molecule has 0 spiro atoms. The Hall–Kier alpha value is -1.58. The molecule has 1 aromatic carbocycles. The lowest BCUT2D eigenvalue weighted by molar-refractivity contribution is 0.662. The number of rotatable bonds is 1. The van der Waals surface area contributed by atoms with E-state index in [1.165, 1.54) is 5.01 Å². The van der Waals surface area contributed by atoms with Gasteiger partial charge in [0.15, 0.2) is 0 Å². The quantitative estimate of drug-likeness (QED) is 0.667. The van der Waals surface area contributed by atoms with E-state index in [0.717, 1.165) is 17.9 Å². The Labute approximate surface area is 76.5 Å². The van der Waals surface area contributed by atoms with Crippen LogP contribution in [0.15, 0.2) is 29.6 Å². The van der Waals surface area contributed by atoms with Crippen LogP contribution in [-0.2, 0) is 0 Å². The largest absolute Gasteiger partial charge is 0.381 e. The van der Waals surface area contributed by atoms with Crippen molar-refractivity contribution >= 4 is 11.4 Å². The maximum absolute atomic E-state index is 10.6. The van der Waals surface area contributed by atoms with Crippen LogP contribution in [-0.4, -0.2) is 12.6 Å². The van der Waals surface area contributed by atoms with Crippen LogP contribution in [0.5, 0.6) is 0 Å². The Morgan fingerprint density at radius 2 is 2.31 bits per heavy atom. The summed E-state index contributed by atoms with van der Waals surface area (Å²) in [6.07, 6.45) is 0. The molecule has 1 aliphatic heterocycles. The predicted molar refractivity (Wildman–Crippen MR) is 52.7 cm³/mol. The summed E-state index contributed by atoms with van der Waals surface area (Å²) in [5.74, 6) is 0. The standard InChI is InChI=1S/C9H11N3O/c1-7-6-10-8-4-2-3-5-9(8)12(7)11-13/h2-5,7,10H,6H2,1H3/t7-/m0/s1. The van der Waals surface area contributed by atoms with E-state index in [9.17, 15) is 4.91 Å². The van der Waals surface area contributed by atoms with Crippen LogP contribution in [0.2, 0.25) is 0 Å². The summed E-state index contributed by atoms with van der Waals surface area (Å²) in [6, 6.07) is 7.78. The number of anilines is 2. The van der Waals surface area contributed by atoms with Gasteiger partial charge in [-0.15, -0.1) is 4.91 Å². The van der Waals surface area contributed by atoms with Gasteiger partial charge in [0.05, 0.1) is 22.7 Å². The molecule has 68 valence electrons. The fourth-order valence-corrected chi connectivity index (χ4v) is 1.53. The molecule has 0 aliphatic carbocycles. The molecule has 0 fully saturated rings. The first-order valence-corrected chi connectivity index (χ1v) is 4.28. The molecule has 1 heterocycles. The first-order valence-electron chi connectivity index (χ1n) is 4.28. The number of hydrogen-bond donors (Lipinski definition) is 1. The molecule has 0 bridgehead atoms. The summed E-state index contributed by atoms with van der Waals surface area (Å²) in [6.45, 7) is 2.72. The van der Waals surface area contributed by atoms with E-state index in [4.69, 9.17) is 0 Å². The van der Waals surface area contributed by atoms with E-state index < -0.39 is 0 Å². The SMILES string of the molecule is C[C@H]1CNc2ccccc2N1N=O. The molecule has 0 aromatic heterocycles. The zero-order chi connectivity index (χ0) is 9.26. The van der Waals surface area contributed by atoms with Gasteiger partial charge in [-0.3, -0.25) is 0 Å². The van der Waals surface area contributed by atoms with Crippen molar-refractivity contribution in [3.05, 3.63) is 29.2 Å². The average Bonchev–Trinajstić information content (AvgIpc) is 2.18. The van der Waals surface area contributed by atoms with Crippen LogP contribution in [0.3, 0.4) is 0 Å². The average molecular weight is 177 g/mol. The van der Waals surface area contributed by atoms with Gasteiger partial charge in [-0.25, -0.2) is 5.01 Å². The number of nitroso groups, excluding NO2 is 1. The van der Waals surface area contributed by atoms with Crippen LogP contribution in [0.4, 0.5) is 11.4 Å². The van der Waals surface area contributed by atoms with E-state index >= 15 is 0 Å². The fourth-order valence-electron chi connectivity index (χ4n) is 1.53. The minimum absolute atomic E-state index is 0.118. The van der Waals surface area contributed by atoms with Crippen molar-refractivity contribution in [2.24, 2.45) is 5.29 Å². The Morgan fingerprint density at radius 1 is 1.54 bits per heavy atom. The van der Waals surface area contributed by atoms with Gasteiger partial charge in [-0.2, -0.15) is 0 Å². The minimum atomic E-state index is 0.118. The first kappa shape index (κ1) is 8.04. The van der Waals surface area contributed by atoms with Gasteiger partial charge < -0.3 is 5.32 Å². The van der Waals surface area contributed by atoms with Crippen molar-refractivity contribution < 1.29 is 0 Å². The predicted octanol–water partition coefficient (Wildman–Crippen LogP) is 1.99. The summed E-state index contributed by atoms with van der Waals surface area (Å²) in [4.78, 5) is 10.6. The molecule has 1 N–H and O–H groups in total. The monoisotopic (exact) mass is 177 g/mol. The molecule has 0 saturated heterocycles. The molecule has 0 amide bonds. The van der Waals surface area contributed by atoms with Crippen LogP contribution in [0, 0.1) is 4.91 Å². The smallest absolute Gasteiger partial charge is 0.0861 e. The topological polar surface area (TPSA) is 44.7 Å². The number of benzene rings is 1. The molecular weight excluding hydrogens is 166 g/mol. The highest BCUT2D eigenvalue weighted by Gasteiger charge is 2.22. The van der Waals surface area contributed by atoms with Crippen molar-refractivity contribution in [1.82, 2.24) is 0 Å². The highest BCUT2D eigenvalue weighted by atomic mass is 16.3. The van der Waals surface area contributed by atoms with E-state index in [2.05, 4.69) is 10.6 Å². The summed E-state index contributed by atoms with van der Waals surface area (Å²) in [5, 5.41) is 7.76. The highest BCUT2D eigenvalue weighted by Crippen LogP contribution is 2.30. The number of hydrogen-bond acceptors (Lipinski definition) is 3. The zero-order valence-corrected chi connectivity index (χ0v) is 7.40. The van der Waals surface area contributed by atoms with Gasteiger partial charge in [0.1, 0.15) is 0 Å². The molecule has 1 aromatic rings. The molecule has 4 heteroatoms. The van der Waals surface area contributed by atoms with Crippen molar-refractivity contribution in [3.63, 3.8) is 0 Å². The van der Waals surface area contributed by atoms with Crippen LogP contribution >= 0.6 is 0 Å². The lowest BCUT2D eigenvalue weighted by Gasteiger charge is -2.30. The van der Waals surface area contributed by atoms with Gasteiger partial charge in [0, 0.05) is 6.54 Å². The Morgan fingerprint density at radius 3 is 3.08 bits per heavy atom. The lowest BCUT2D eigenvalue weighted by atomic mass is 10.1. The van der Waals surface area contributed by atoms with Crippen molar-refractivity contribution in [2.75, 3.05) is 16.9 Å². The molecule has 0 saturated carbocycles. The molecular formula is C9H11N3O. The second kappa shape index (κ2) is 3.05. The molecule has 1 atom stereocenters. The fraction of sp³-hybridized carbons (Fsp3) is 0.333. The van der Waals surface area contributed by atoms with Crippen molar-refractivity contribution in [1.29, 1.82) is 0 Å². The Bertz CT molecular complexity index is 326. The summed E-state index contributed by atoms with van der Waals surface area (Å²) >= 11 is 0. The maximum atomic E-state index is 10.6. The molecule has 0 unspecified atom stereocenters. The Balaban J connectivity index is 2.45. The number of fused-ring (bicyclic) bond motifs is 1. The third-order valence-electron chi connectivity index (χ3n) is 2.24. The van der Waals surface area contributed by atoms with Gasteiger partial charge in [0.2, 0.25) is 0 Å². The minimum Gasteiger partial charge on any atom is -0.381 e. The molecule has 0 radical (unpaired) electrons. The summed E-state index contributed by atoms with van der Waals surface area (Å²) in [5.41, 5.74) is 1.83. The molecule has 2 rings (SSSR count). The van der Waals surface area contributed by atoms with Crippen LogP contribution in [0.25, 0.3) is 0 Å². The third-order valence-corrected chi connectivity index (χ3v) is 2.24. The first-order chi connectivity index (χ1) is 6.33. The van der Waals surface area contributed by atoms with Gasteiger partial charge in [-0.05, 0) is 19.1 Å². The van der Waals surface area contributed by atoms with Crippen LogP contribution < -0.4 is 10.3 Å². The van der Waals surface area contributed by atoms with E-state index in [0.29, 0.717) is 0 Å². The van der Waals surface area contributed by atoms with Gasteiger partial charge in [-0.1, -0.05) is 12.1 Å². The maximum Gasteiger partial charge on any atom is 0.0861 e. The zero-order valence-electron chi connectivity index (χ0n) is 7.40. The number of nitrogens with zero attached hydrogens (tertiary/aromatic N) is 2. The van der Waals surface area contributed by atoms with Crippen LogP contribution in [0.1, 0.15) is 6.92 Å². The van der Waals surface area contributed by atoms with E-state index in [-0.39, 0.29) is 6.04 Å². The van der Waals surface area contributed by atoms with E-state index in [1.807, 2.05) is 31.2 Å².